The third-order valence-corrected chi connectivity index (χ3v) is 3.56. The van der Waals surface area contributed by atoms with Gasteiger partial charge in [-0.2, -0.15) is 0 Å². The number of hydrogen-bond acceptors (Lipinski definition) is 4. The summed E-state index contributed by atoms with van der Waals surface area (Å²) in [6.45, 7) is 6.49. The maximum absolute atomic E-state index is 12.5. The van der Waals surface area contributed by atoms with E-state index in [2.05, 4.69) is 0 Å². The topological polar surface area (TPSA) is 64.8 Å². The molecule has 1 aliphatic rings. The molecule has 2 N–H and O–H groups in total. The van der Waals surface area contributed by atoms with Crippen molar-refractivity contribution in [1.29, 1.82) is 0 Å². The SMILES string of the molecule is CN(CC(C)(C)CN)C(=O)c1ccc2c(c1)OCCCO2. The lowest BCUT2D eigenvalue weighted by atomic mass is 9.93. The molecule has 0 aliphatic carbocycles. The van der Waals surface area contributed by atoms with Crippen molar-refractivity contribution in [1.82, 2.24) is 4.90 Å². The number of hydrogen-bond donors (Lipinski definition) is 1. The fraction of sp³-hybridized carbons (Fsp3) is 0.562. The van der Waals surface area contributed by atoms with E-state index in [1.807, 2.05) is 13.8 Å². The molecule has 1 aromatic rings. The highest BCUT2D eigenvalue weighted by Crippen LogP contribution is 2.31. The number of benzene rings is 1. The highest BCUT2D eigenvalue weighted by molar-refractivity contribution is 5.94. The molecular weight excluding hydrogens is 268 g/mol. The average Bonchev–Trinajstić information content (AvgIpc) is 2.70. The second kappa shape index (κ2) is 6.35. The molecule has 5 nitrogen and oxygen atoms in total. The van der Waals surface area contributed by atoms with Gasteiger partial charge in [0.2, 0.25) is 0 Å². The number of carbonyl (C=O) groups excluding carboxylic acids is 1. The number of rotatable bonds is 4. The van der Waals surface area contributed by atoms with Crippen LogP contribution in [0, 0.1) is 5.41 Å². The Kier molecular flexibility index (Phi) is 4.73. The molecule has 1 heterocycles. The summed E-state index contributed by atoms with van der Waals surface area (Å²) >= 11 is 0. The summed E-state index contributed by atoms with van der Waals surface area (Å²) in [5.41, 5.74) is 6.23. The van der Waals surface area contributed by atoms with Crippen LogP contribution in [-0.4, -0.2) is 44.2 Å². The van der Waals surface area contributed by atoms with Gasteiger partial charge in [-0.15, -0.1) is 0 Å². The van der Waals surface area contributed by atoms with Gasteiger partial charge in [0.1, 0.15) is 0 Å². The summed E-state index contributed by atoms with van der Waals surface area (Å²) in [5.74, 6) is 1.31. The van der Waals surface area contributed by atoms with E-state index >= 15 is 0 Å². The first kappa shape index (κ1) is 15.6. The van der Waals surface area contributed by atoms with Crippen LogP contribution in [0.1, 0.15) is 30.6 Å². The maximum atomic E-state index is 12.5. The minimum Gasteiger partial charge on any atom is -0.490 e. The summed E-state index contributed by atoms with van der Waals surface area (Å²) in [7, 11) is 1.79. The molecule has 0 saturated heterocycles. The van der Waals surface area contributed by atoms with Crippen LogP contribution >= 0.6 is 0 Å². The molecule has 1 aliphatic heterocycles. The van der Waals surface area contributed by atoms with Gasteiger partial charge in [-0.05, 0) is 30.2 Å². The zero-order valence-electron chi connectivity index (χ0n) is 13.0. The summed E-state index contributed by atoms with van der Waals surface area (Å²) in [6.07, 6.45) is 0.850. The Morgan fingerprint density at radius 3 is 2.62 bits per heavy atom. The van der Waals surface area contributed by atoms with Crippen LogP contribution in [0.2, 0.25) is 0 Å². The first-order valence-electron chi connectivity index (χ1n) is 7.28. The van der Waals surface area contributed by atoms with E-state index in [0.717, 1.165) is 6.42 Å². The monoisotopic (exact) mass is 292 g/mol. The molecule has 0 bridgehead atoms. The summed E-state index contributed by atoms with van der Waals surface area (Å²) in [5, 5.41) is 0. The standard InChI is InChI=1S/C16H24N2O3/c1-16(2,10-17)11-18(3)15(19)12-5-6-13-14(9-12)21-8-4-7-20-13/h5-6,9H,4,7-8,10-11,17H2,1-3H3. The van der Waals surface area contributed by atoms with Gasteiger partial charge in [-0.1, -0.05) is 13.8 Å². The molecule has 0 radical (unpaired) electrons. The fourth-order valence-electron chi connectivity index (χ4n) is 2.30. The van der Waals surface area contributed by atoms with Crippen molar-refractivity contribution >= 4 is 5.91 Å². The van der Waals surface area contributed by atoms with Crippen molar-refractivity contribution < 1.29 is 14.3 Å². The Labute approximate surface area is 126 Å². The number of ether oxygens (including phenoxy) is 2. The average molecular weight is 292 g/mol. The van der Waals surface area contributed by atoms with Gasteiger partial charge in [-0.25, -0.2) is 0 Å². The molecule has 1 aromatic carbocycles. The van der Waals surface area contributed by atoms with Gasteiger partial charge in [0, 0.05) is 25.6 Å². The van der Waals surface area contributed by atoms with E-state index in [-0.39, 0.29) is 11.3 Å². The smallest absolute Gasteiger partial charge is 0.253 e. The van der Waals surface area contributed by atoms with Gasteiger partial charge in [0.15, 0.2) is 11.5 Å². The van der Waals surface area contributed by atoms with E-state index in [1.165, 1.54) is 0 Å². The number of fused-ring (bicyclic) bond motifs is 1. The van der Waals surface area contributed by atoms with Crippen LogP contribution in [0.5, 0.6) is 11.5 Å². The third-order valence-electron chi connectivity index (χ3n) is 3.56. The highest BCUT2D eigenvalue weighted by Gasteiger charge is 2.23. The van der Waals surface area contributed by atoms with Gasteiger partial charge in [0.05, 0.1) is 13.2 Å². The lowest BCUT2D eigenvalue weighted by Crippen LogP contribution is -2.39. The second-order valence-corrected chi connectivity index (χ2v) is 6.24. The van der Waals surface area contributed by atoms with Crippen LogP contribution < -0.4 is 15.2 Å². The number of amides is 1. The molecular formula is C16H24N2O3. The molecule has 0 atom stereocenters. The predicted octanol–water partition coefficient (Wildman–Crippen LogP) is 1.90. The van der Waals surface area contributed by atoms with Gasteiger partial charge >= 0.3 is 0 Å². The molecule has 0 fully saturated rings. The van der Waals surface area contributed by atoms with Crippen molar-refractivity contribution in [2.24, 2.45) is 11.1 Å². The van der Waals surface area contributed by atoms with Crippen molar-refractivity contribution in [3.8, 4) is 11.5 Å². The largest absolute Gasteiger partial charge is 0.490 e. The quantitative estimate of drug-likeness (QED) is 0.920. The number of nitrogens with zero attached hydrogens (tertiary/aromatic N) is 1. The lowest BCUT2D eigenvalue weighted by Gasteiger charge is -2.29. The Balaban J connectivity index is 2.14. The van der Waals surface area contributed by atoms with Crippen LogP contribution in [0.4, 0.5) is 0 Å². The summed E-state index contributed by atoms with van der Waals surface area (Å²) in [4.78, 5) is 14.2. The van der Waals surface area contributed by atoms with Crippen molar-refractivity contribution in [3.05, 3.63) is 23.8 Å². The molecule has 0 saturated carbocycles. The van der Waals surface area contributed by atoms with Crippen LogP contribution in [-0.2, 0) is 0 Å². The van der Waals surface area contributed by atoms with Crippen molar-refractivity contribution in [2.75, 3.05) is 33.4 Å². The molecule has 21 heavy (non-hydrogen) atoms. The van der Waals surface area contributed by atoms with Gasteiger partial charge in [-0.3, -0.25) is 4.79 Å². The van der Waals surface area contributed by atoms with Crippen molar-refractivity contribution in [2.45, 2.75) is 20.3 Å². The van der Waals surface area contributed by atoms with E-state index in [1.54, 1.807) is 30.1 Å². The Morgan fingerprint density at radius 2 is 1.95 bits per heavy atom. The van der Waals surface area contributed by atoms with E-state index in [4.69, 9.17) is 15.2 Å². The molecule has 0 aromatic heterocycles. The van der Waals surface area contributed by atoms with Crippen LogP contribution in [0.15, 0.2) is 18.2 Å². The van der Waals surface area contributed by atoms with Crippen LogP contribution in [0.25, 0.3) is 0 Å². The van der Waals surface area contributed by atoms with Gasteiger partial charge in [0.25, 0.3) is 5.91 Å². The first-order valence-corrected chi connectivity index (χ1v) is 7.28. The Bertz CT molecular complexity index is 514. The third kappa shape index (κ3) is 3.88. The maximum Gasteiger partial charge on any atom is 0.253 e. The summed E-state index contributed by atoms with van der Waals surface area (Å²) < 4.78 is 11.2. The Morgan fingerprint density at radius 1 is 1.29 bits per heavy atom. The van der Waals surface area contributed by atoms with Crippen molar-refractivity contribution in [3.63, 3.8) is 0 Å². The molecule has 1 amide bonds. The van der Waals surface area contributed by atoms with Gasteiger partial charge < -0.3 is 20.1 Å². The molecule has 5 heteroatoms. The molecule has 2 rings (SSSR count). The minimum absolute atomic E-state index is 0.0350. The zero-order valence-corrected chi connectivity index (χ0v) is 13.0. The van der Waals surface area contributed by atoms with Crippen LogP contribution in [0.3, 0.4) is 0 Å². The second-order valence-electron chi connectivity index (χ2n) is 6.24. The highest BCUT2D eigenvalue weighted by atomic mass is 16.5. The fourth-order valence-corrected chi connectivity index (χ4v) is 2.30. The molecule has 0 spiro atoms. The number of carbonyl (C=O) groups is 1. The van der Waals surface area contributed by atoms with E-state index < -0.39 is 0 Å². The first-order chi connectivity index (χ1) is 9.93. The normalized spacial score (nSPS) is 14.5. The minimum atomic E-state index is -0.101. The summed E-state index contributed by atoms with van der Waals surface area (Å²) in [6, 6.07) is 5.34. The van der Waals surface area contributed by atoms with E-state index in [0.29, 0.717) is 43.4 Å². The number of nitrogens with two attached hydrogens (primary N) is 1. The Hall–Kier alpha value is -1.75. The van der Waals surface area contributed by atoms with E-state index in [9.17, 15) is 4.79 Å². The molecule has 0 unspecified atom stereocenters. The predicted molar refractivity (Wildman–Crippen MR) is 81.8 cm³/mol. The molecule has 116 valence electrons. The zero-order chi connectivity index (χ0) is 15.5. The lowest BCUT2D eigenvalue weighted by molar-refractivity contribution is 0.0740.